The second kappa shape index (κ2) is 17.5. The fraction of sp³-hybridized carbons (Fsp3) is 0.632. The van der Waals surface area contributed by atoms with E-state index in [0.717, 1.165) is 11.1 Å². The standard InChI is InChI=1S/C38H54ClN3O10S2/c1-21-12-11-13-28(49-10)38(47)20-27(50-35(46)40-38)22(2)33-37(6,52-33)29(51-34(45)23(3)41(7)30(43)14-15-36(4,5)54-53)19-31(44)42(8)25-17-24(16-21)18-26(48-9)32(25)39/h11-13,17-18,22-23,27-29,33,47,53H,14-16,19-20H2,1-10H3,(H,40,46)/b13-11+,21-12+/t22-,23-,27+,28-,29+,33+,37+,38+/m1/s1. The van der Waals surface area contributed by atoms with Crippen LogP contribution >= 0.6 is 34.1 Å². The Morgan fingerprint density at radius 1 is 1.28 bits per heavy atom. The van der Waals surface area contributed by atoms with E-state index in [0.29, 0.717) is 24.3 Å². The van der Waals surface area contributed by atoms with Gasteiger partial charge in [-0.25, -0.2) is 9.59 Å². The molecule has 8 atom stereocenters. The number of allylic oxidation sites excluding steroid dienone is 3. The predicted octanol–water partition coefficient (Wildman–Crippen LogP) is 5.65. The lowest BCUT2D eigenvalue weighted by Crippen LogP contribution is -2.63. The van der Waals surface area contributed by atoms with E-state index in [9.17, 15) is 24.3 Å². The van der Waals surface area contributed by atoms with Crippen molar-refractivity contribution in [3.8, 4) is 5.75 Å². The molecule has 0 aliphatic carbocycles. The van der Waals surface area contributed by atoms with Gasteiger partial charge in [-0.3, -0.25) is 14.9 Å². The first-order chi connectivity index (χ1) is 25.2. The van der Waals surface area contributed by atoms with Gasteiger partial charge in [-0.05, 0) is 65.2 Å². The number of hydrogen-bond donors (Lipinski definition) is 3. The molecule has 0 unspecified atom stereocenters. The summed E-state index contributed by atoms with van der Waals surface area (Å²) in [5, 5.41) is 14.5. The number of fused-ring (bicyclic) bond motifs is 5. The fourth-order valence-electron chi connectivity index (χ4n) is 6.85. The summed E-state index contributed by atoms with van der Waals surface area (Å²) in [7, 11) is 7.39. The number of benzene rings is 1. The summed E-state index contributed by atoms with van der Waals surface area (Å²) in [6.45, 7) is 11.0. The zero-order chi connectivity index (χ0) is 40.3. The first-order valence-corrected chi connectivity index (χ1v) is 20.1. The molecule has 0 radical (unpaired) electrons. The lowest BCUT2D eigenvalue weighted by Gasteiger charge is -2.42. The minimum atomic E-state index is -1.83. The lowest BCUT2D eigenvalue weighted by atomic mass is 9.83. The Hall–Kier alpha value is -2.95. The number of ether oxygens (including phenoxy) is 5. The highest BCUT2D eigenvalue weighted by Gasteiger charge is 2.64. The molecule has 300 valence electrons. The summed E-state index contributed by atoms with van der Waals surface area (Å²) in [6.07, 6.45) is 1.67. The first-order valence-electron chi connectivity index (χ1n) is 17.9. The smallest absolute Gasteiger partial charge is 0.409 e. The van der Waals surface area contributed by atoms with Gasteiger partial charge >= 0.3 is 12.1 Å². The highest BCUT2D eigenvalue weighted by Crippen LogP contribution is 2.49. The van der Waals surface area contributed by atoms with Crippen molar-refractivity contribution in [2.24, 2.45) is 5.92 Å². The number of nitrogens with one attached hydrogen (secondary N) is 1. The van der Waals surface area contributed by atoms with Crippen LogP contribution in [0.5, 0.6) is 5.75 Å². The molecule has 54 heavy (non-hydrogen) atoms. The lowest BCUT2D eigenvalue weighted by molar-refractivity contribution is -0.162. The number of anilines is 1. The van der Waals surface area contributed by atoms with E-state index < -0.39 is 65.7 Å². The molecule has 1 aromatic rings. The number of rotatable bonds is 9. The quantitative estimate of drug-likeness (QED) is 0.123. The molecule has 3 heterocycles. The van der Waals surface area contributed by atoms with Crippen LogP contribution in [0.1, 0.15) is 72.8 Å². The molecule has 16 heteroatoms. The third-order valence-corrected chi connectivity index (χ3v) is 13.3. The number of amides is 3. The minimum absolute atomic E-state index is 0.0515. The highest BCUT2D eigenvalue weighted by atomic mass is 35.5. The number of carbonyl (C=O) groups excluding carboxylic acids is 4. The molecular formula is C38H54ClN3O10S2. The number of nitrogens with zero attached hydrogens (tertiary/aromatic N) is 2. The maximum Gasteiger partial charge on any atom is 0.409 e. The average molecular weight is 812 g/mol. The minimum Gasteiger partial charge on any atom is -0.495 e. The summed E-state index contributed by atoms with van der Waals surface area (Å²) in [6, 6.07) is 2.60. The van der Waals surface area contributed by atoms with Crippen LogP contribution in [-0.2, 0) is 39.8 Å². The molecule has 2 saturated heterocycles. The van der Waals surface area contributed by atoms with Crippen LogP contribution in [0, 0.1) is 5.92 Å². The molecule has 0 aromatic heterocycles. The van der Waals surface area contributed by atoms with Crippen LogP contribution in [0.4, 0.5) is 10.5 Å². The third kappa shape index (κ3) is 9.88. The topological polar surface area (TPSA) is 156 Å². The van der Waals surface area contributed by atoms with Gasteiger partial charge in [0.25, 0.3) is 0 Å². The molecule has 0 saturated carbocycles. The summed E-state index contributed by atoms with van der Waals surface area (Å²) in [5.74, 6) is -1.56. The zero-order valence-corrected chi connectivity index (χ0v) is 35.1. The number of carbonyl (C=O) groups is 4. The molecule has 2 fully saturated rings. The molecule has 13 nitrogen and oxygen atoms in total. The summed E-state index contributed by atoms with van der Waals surface area (Å²) < 4.78 is 29.0. The highest BCUT2D eigenvalue weighted by molar-refractivity contribution is 8.69. The zero-order valence-electron chi connectivity index (χ0n) is 32.6. The van der Waals surface area contributed by atoms with Crippen LogP contribution in [0.15, 0.2) is 35.9 Å². The SMILES string of the molecule is COc1cc2cc(c1Cl)N(C)C(=O)C[C@H](OC(=O)[C@@H](C)N(C)C(=O)CCC(C)(C)SS)[C@]1(C)O[C@H]1[C@H](C)[C@@H]1C[C@@](O)(NC(=O)O1)[C@H](OC)/C=C/C=C(\C)C2. The van der Waals surface area contributed by atoms with Gasteiger partial charge in [0.1, 0.15) is 40.7 Å². The van der Waals surface area contributed by atoms with Gasteiger partial charge in [0.15, 0.2) is 5.72 Å². The fourth-order valence-corrected chi connectivity index (χ4v) is 7.63. The van der Waals surface area contributed by atoms with Crippen molar-refractivity contribution in [3.05, 3.63) is 46.5 Å². The molecule has 0 spiro atoms. The van der Waals surface area contributed by atoms with Crippen molar-refractivity contribution in [2.45, 2.75) is 120 Å². The Morgan fingerprint density at radius 3 is 2.59 bits per heavy atom. The second-order valence-electron chi connectivity index (χ2n) is 15.3. The monoisotopic (exact) mass is 811 g/mol. The van der Waals surface area contributed by atoms with Gasteiger partial charge in [-0.1, -0.05) is 53.1 Å². The van der Waals surface area contributed by atoms with E-state index in [1.54, 1.807) is 52.1 Å². The van der Waals surface area contributed by atoms with Crippen molar-refractivity contribution >= 4 is 63.6 Å². The Labute approximate surface area is 332 Å². The summed E-state index contributed by atoms with van der Waals surface area (Å²) >= 11 is 11.1. The van der Waals surface area contributed by atoms with Crippen LogP contribution < -0.4 is 15.0 Å². The van der Waals surface area contributed by atoms with Crippen molar-refractivity contribution < 1.29 is 48.0 Å². The largest absolute Gasteiger partial charge is 0.495 e. The van der Waals surface area contributed by atoms with E-state index in [-0.39, 0.29) is 34.9 Å². The van der Waals surface area contributed by atoms with E-state index in [2.05, 4.69) is 17.0 Å². The molecule has 4 rings (SSSR count). The molecule has 4 bridgehead atoms. The van der Waals surface area contributed by atoms with Gasteiger partial charge in [0, 0.05) is 44.7 Å². The van der Waals surface area contributed by atoms with Gasteiger partial charge in [0.05, 0.1) is 25.3 Å². The molecule has 1 aromatic carbocycles. The average Bonchev–Trinajstić information content (AvgIpc) is 3.82. The number of aliphatic hydroxyl groups is 1. The number of methoxy groups -OCH3 is 2. The number of thiol groups is 1. The Balaban J connectivity index is 1.73. The molecule has 3 aliphatic rings. The van der Waals surface area contributed by atoms with Crippen LogP contribution in [-0.4, -0.2) is 109 Å². The molecule has 2 N–H and O–H groups in total. The van der Waals surface area contributed by atoms with Crippen molar-refractivity contribution in [3.63, 3.8) is 0 Å². The van der Waals surface area contributed by atoms with E-state index in [1.807, 2.05) is 26.8 Å². The van der Waals surface area contributed by atoms with Crippen molar-refractivity contribution in [1.29, 1.82) is 0 Å². The van der Waals surface area contributed by atoms with Crippen molar-refractivity contribution in [2.75, 3.05) is 33.2 Å². The van der Waals surface area contributed by atoms with E-state index in [1.165, 1.54) is 41.9 Å². The van der Waals surface area contributed by atoms with E-state index in [4.69, 9.17) is 35.3 Å². The number of likely N-dealkylation sites (N-methyl/N-ethyl adjacent to an activating group) is 1. The Kier molecular flexibility index (Phi) is 14.2. The number of hydrogen-bond acceptors (Lipinski definition) is 12. The van der Waals surface area contributed by atoms with E-state index >= 15 is 0 Å². The molecule has 3 aliphatic heterocycles. The van der Waals surface area contributed by atoms with Crippen LogP contribution in [0.25, 0.3) is 0 Å². The van der Waals surface area contributed by atoms with Gasteiger partial charge in [-0.15, -0.1) is 11.7 Å². The second-order valence-corrected chi connectivity index (χ2v) is 17.5. The number of esters is 1. The summed E-state index contributed by atoms with van der Waals surface area (Å²) in [4.78, 5) is 56.7. The summed E-state index contributed by atoms with van der Waals surface area (Å²) in [5.41, 5.74) is -0.920. The maximum absolute atomic E-state index is 14.2. The van der Waals surface area contributed by atoms with Gasteiger partial charge in [0.2, 0.25) is 11.8 Å². The first kappa shape index (κ1) is 43.8. The number of halogens is 1. The number of alkyl carbamates (subject to hydrolysis) is 1. The maximum atomic E-state index is 14.2. The molecule has 3 amide bonds. The predicted molar refractivity (Wildman–Crippen MR) is 211 cm³/mol. The van der Waals surface area contributed by atoms with Crippen LogP contribution in [0.2, 0.25) is 5.02 Å². The third-order valence-electron chi connectivity index (χ3n) is 10.7. The number of epoxide rings is 1. The van der Waals surface area contributed by atoms with Gasteiger partial charge < -0.3 is 38.6 Å². The molecular weight excluding hydrogens is 758 g/mol. The van der Waals surface area contributed by atoms with Crippen molar-refractivity contribution in [1.82, 2.24) is 10.2 Å². The van der Waals surface area contributed by atoms with Crippen LogP contribution in [0.3, 0.4) is 0 Å². The Morgan fingerprint density at radius 2 is 1.96 bits per heavy atom. The normalized spacial score (nSPS) is 31.2. The Bertz CT molecular complexity index is 1660. The van der Waals surface area contributed by atoms with Gasteiger partial charge in [-0.2, -0.15) is 0 Å².